The van der Waals surface area contributed by atoms with E-state index < -0.39 is 0 Å². The lowest BCUT2D eigenvalue weighted by Gasteiger charge is -2.33. The first kappa shape index (κ1) is 25.3. The lowest BCUT2D eigenvalue weighted by atomic mass is 9.35. The smallest absolute Gasteiger partial charge is 0.260 e. The summed E-state index contributed by atoms with van der Waals surface area (Å²) in [4.78, 5) is 4.19. The Kier molecular flexibility index (Phi) is 5.34. The lowest BCUT2D eigenvalue weighted by Crippen LogP contribution is -2.57. The fourth-order valence-electron chi connectivity index (χ4n) is 7.34. The zero-order chi connectivity index (χ0) is 30.2. The number of benzene rings is 6. The average molecular weight is 588 g/mol. The first-order chi connectivity index (χ1) is 22.8. The first-order valence-corrected chi connectivity index (χ1v) is 15.6. The molecule has 4 nitrogen and oxygen atoms in total. The molecule has 0 fully saturated rings. The number of pyridine rings is 1. The molecule has 2 aromatic heterocycles. The molecule has 8 aromatic rings. The van der Waals surface area contributed by atoms with Crippen LogP contribution in [0.15, 0.2) is 152 Å². The van der Waals surface area contributed by atoms with Gasteiger partial charge < -0.3 is 14.0 Å². The highest BCUT2D eigenvalue weighted by molar-refractivity contribution is 6.98. The number of ether oxygens (including phenoxy) is 2. The Balaban J connectivity index is 1.10. The second-order valence-corrected chi connectivity index (χ2v) is 12.0. The largest absolute Gasteiger partial charge is 0.458 e. The van der Waals surface area contributed by atoms with E-state index >= 15 is 0 Å². The van der Waals surface area contributed by atoms with E-state index in [9.17, 15) is 0 Å². The fourth-order valence-corrected chi connectivity index (χ4v) is 7.34. The number of rotatable bonds is 3. The van der Waals surface area contributed by atoms with E-state index in [0.29, 0.717) is 0 Å². The van der Waals surface area contributed by atoms with Crippen LogP contribution in [0.25, 0.3) is 49.7 Å². The van der Waals surface area contributed by atoms with Crippen molar-refractivity contribution in [3.8, 4) is 50.9 Å². The highest BCUT2D eigenvalue weighted by Crippen LogP contribution is 2.40. The summed E-state index contributed by atoms with van der Waals surface area (Å²) >= 11 is 0. The Morgan fingerprint density at radius 3 is 1.76 bits per heavy atom. The Morgan fingerprint density at radius 2 is 1.02 bits per heavy atom. The van der Waals surface area contributed by atoms with E-state index in [4.69, 9.17) is 9.47 Å². The molecule has 0 atom stereocenters. The van der Waals surface area contributed by atoms with Crippen molar-refractivity contribution in [3.63, 3.8) is 0 Å². The molecule has 10 rings (SSSR count). The summed E-state index contributed by atoms with van der Waals surface area (Å²) in [6.45, 7) is 0.0249. The normalized spacial score (nSPS) is 12.7. The van der Waals surface area contributed by atoms with Crippen molar-refractivity contribution in [1.82, 2.24) is 9.55 Å². The van der Waals surface area contributed by atoms with E-state index in [1.807, 2.05) is 30.6 Å². The van der Waals surface area contributed by atoms with Crippen molar-refractivity contribution >= 4 is 44.9 Å². The highest BCUT2D eigenvalue weighted by atomic mass is 16.5. The Bertz CT molecular complexity index is 2430. The van der Waals surface area contributed by atoms with Crippen LogP contribution in [0.5, 0.6) is 23.0 Å². The summed E-state index contributed by atoms with van der Waals surface area (Å²) in [5.41, 5.74) is 11.3. The van der Waals surface area contributed by atoms with Gasteiger partial charge in [0.15, 0.2) is 0 Å². The van der Waals surface area contributed by atoms with E-state index in [1.165, 1.54) is 21.8 Å². The van der Waals surface area contributed by atoms with Crippen molar-refractivity contribution in [2.75, 3.05) is 0 Å². The standard InChI is InChI=1S/C41H25BN2O2/c1-4-10-35-31(7-1)32-8-2-5-11-36(32)44(35)30-16-13-26(14-17-30)29-24-39-41-40(25-29)46-38-23-28(27-19-21-43-22-20-27)15-18-34(38)42(41)33-9-3-6-12-37(33)45-39/h1-25H. The van der Waals surface area contributed by atoms with Gasteiger partial charge in [0.1, 0.15) is 23.0 Å². The quantitative estimate of drug-likeness (QED) is 0.195. The topological polar surface area (TPSA) is 36.3 Å². The molecule has 0 radical (unpaired) electrons. The maximum absolute atomic E-state index is 6.74. The molecule has 6 aromatic carbocycles. The molecule has 4 heterocycles. The second kappa shape index (κ2) is 9.72. The van der Waals surface area contributed by atoms with E-state index in [0.717, 1.165) is 67.3 Å². The van der Waals surface area contributed by atoms with Gasteiger partial charge in [-0.15, -0.1) is 0 Å². The van der Waals surface area contributed by atoms with Gasteiger partial charge in [-0.25, -0.2) is 0 Å². The summed E-state index contributed by atoms with van der Waals surface area (Å²) in [5.74, 6) is 3.42. The van der Waals surface area contributed by atoms with Crippen molar-refractivity contribution in [2.24, 2.45) is 0 Å². The summed E-state index contributed by atoms with van der Waals surface area (Å²) in [6.07, 6.45) is 3.65. The van der Waals surface area contributed by atoms with Crippen LogP contribution >= 0.6 is 0 Å². The molecule has 2 aliphatic heterocycles. The molecule has 0 N–H and O–H groups in total. The fraction of sp³-hybridized carbons (Fsp3) is 0. The average Bonchev–Trinajstić information content (AvgIpc) is 3.46. The van der Waals surface area contributed by atoms with E-state index in [2.05, 4.69) is 131 Å². The molecule has 0 spiro atoms. The molecular formula is C41H25BN2O2. The third kappa shape index (κ3) is 3.72. The van der Waals surface area contributed by atoms with Crippen LogP contribution in [0, 0.1) is 0 Å². The zero-order valence-electron chi connectivity index (χ0n) is 24.7. The molecule has 2 aliphatic rings. The van der Waals surface area contributed by atoms with Crippen molar-refractivity contribution in [1.29, 1.82) is 0 Å². The molecule has 0 saturated carbocycles. The van der Waals surface area contributed by atoms with Crippen molar-refractivity contribution < 1.29 is 9.47 Å². The highest BCUT2D eigenvalue weighted by Gasteiger charge is 2.40. The second-order valence-electron chi connectivity index (χ2n) is 12.0. The summed E-state index contributed by atoms with van der Waals surface area (Å²) in [5, 5.41) is 2.51. The Hall–Kier alpha value is -6.07. The number of fused-ring (bicyclic) bond motifs is 7. The molecule has 46 heavy (non-hydrogen) atoms. The van der Waals surface area contributed by atoms with E-state index in [1.54, 1.807) is 0 Å². The van der Waals surface area contributed by atoms with Gasteiger partial charge in [0.05, 0.1) is 11.0 Å². The van der Waals surface area contributed by atoms with Crippen LogP contribution in [0.3, 0.4) is 0 Å². The predicted molar refractivity (Wildman–Crippen MR) is 187 cm³/mol. The number of aromatic nitrogens is 2. The van der Waals surface area contributed by atoms with Gasteiger partial charge in [0, 0.05) is 34.3 Å². The van der Waals surface area contributed by atoms with Gasteiger partial charge in [-0.2, -0.15) is 0 Å². The molecule has 0 unspecified atom stereocenters. The minimum atomic E-state index is 0.0249. The van der Waals surface area contributed by atoms with Gasteiger partial charge >= 0.3 is 0 Å². The van der Waals surface area contributed by atoms with Crippen LogP contribution in [0.2, 0.25) is 0 Å². The minimum Gasteiger partial charge on any atom is -0.458 e. The van der Waals surface area contributed by atoms with Gasteiger partial charge in [0.25, 0.3) is 6.71 Å². The van der Waals surface area contributed by atoms with Crippen LogP contribution in [-0.2, 0) is 0 Å². The predicted octanol–water partition coefficient (Wildman–Crippen LogP) is 8.24. The SMILES string of the molecule is c1ccc2c(c1)Oc1cc(-c3ccc(-n4c5ccccc5c5ccccc54)cc3)cc3c1B2c1ccc(-c2ccncc2)cc1O3. The molecule has 0 bridgehead atoms. The van der Waals surface area contributed by atoms with Crippen LogP contribution < -0.4 is 25.9 Å². The summed E-state index contributed by atoms with van der Waals surface area (Å²) in [7, 11) is 0. The molecular weight excluding hydrogens is 563 g/mol. The van der Waals surface area contributed by atoms with Gasteiger partial charge in [0.2, 0.25) is 0 Å². The third-order valence-corrected chi connectivity index (χ3v) is 9.44. The van der Waals surface area contributed by atoms with Crippen LogP contribution in [-0.4, -0.2) is 16.3 Å². The maximum atomic E-state index is 6.74. The molecule has 0 saturated heterocycles. The van der Waals surface area contributed by atoms with Crippen LogP contribution in [0.1, 0.15) is 0 Å². The van der Waals surface area contributed by atoms with E-state index in [-0.39, 0.29) is 6.71 Å². The minimum absolute atomic E-state index is 0.0249. The monoisotopic (exact) mass is 588 g/mol. The van der Waals surface area contributed by atoms with Crippen molar-refractivity contribution in [3.05, 3.63) is 152 Å². The molecule has 0 aliphatic carbocycles. The third-order valence-electron chi connectivity index (χ3n) is 9.44. The number of hydrogen-bond acceptors (Lipinski definition) is 3. The van der Waals surface area contributed by atoms with Gasteiger partial charge in [-0.3, -0.25) is 4.98 Å². The number of hydrogen-bond donors (Lipinski definition) is 0. The number of nitrogens with zero attached hydrogens (tertiary/aromatic N) is 2. The molecule has 0 amide bonds. The zero-order valence-corrected chi connectivity index (χ0v) is 24.7. The Labute approximate surface area is 266 Å². The molecule has 214 valence electrons. The number of para-hydroxylation sites is 3. The molecule has 5 heteroatoms. The lowest BCUT2D eigenvalue weighted by molar-refractivity contribution is 0.465. The summed E-state index contributed by atoms with van der Waals surface area (Å²) in [6, 6.07) is 49.3. The van der Waals surface area contributed by atoms with Gasteiger partial charge in [-0.1, -0.05) is 78.9 Å². The van der Waals surface area contributed by atoms with Crippen molar-refractivity contribution in [2.45, 2.75) is 0 Å². The Morgan fingerprint density at radius 1 is 0.457 bits per heavy atom. The first-order valence-electron chi connectivity index (χ1n) is 15.6. The maximum Gasteiger partial charge on any atom is 0.260 e. The summed E-state index contributed by atoms with van der Waals surface area (Å²) < 4.78 is 15.7. The van der Waals surface area contributed by atoms with Gasteiger partial charge in [-0.05, 0) is 93.8 Å². The van der Waals surface area contributed by atoms with Crippen LogP contribution in [0.4, 0.5) is 0 Å².